The van der Waals surface area contributed by atoms with E-state index in [-0.39, 0.29) is 53.3 Å². The van der Waals surface area contributed by atoms with Crippen LogP contribution in [0.25, 0.3) is 10.4 Å². The van der Waals surface area contributed by atoms with E-state index in [9.17, 15) is 9.59 Å². The van der Waals surface area contributed by atoms with Gasteiger partial charge in [-0.15, -0.1) is 0 Å². The highest BCUT2D eigenvalue weighted by molar-refractivity contribution is 5.87. The van der Waals surface area contributed by atoms with Crippen LogP contribution in [0.5, 0.6) is 0 Å². The molecule has 8 atom stereocenters. The van der Waals surface area contributed by atoms with Gasteiger partial charge in [-0.25, -0.2) is 4.79 Å². The van der Waals surface area contributed by atoms with E-state index in [4.69, 9.17) is 43.4 Å². The zero-order valence-electron chi connectivity index (χ0n) is 33.8. The van der Waals surface area contributed by atoms with Gasteiger partial charge in [0.2, 0.25) is 5.91 Å². The van der Waals surface area contributed by atoms with Crippen LogP contribution >= 0.6 is 0 Å². The number of nitrogens with one attached hydrogen (secondary N) is 1. The number of azide groups is 1. The molecule has 310 valence electrons. The number of rotatable bonds is 21. The van der Waals surface area contributed by atoms with Gasteiger partial charge < -0.3 is 48.1 Å². The summed E-state index contributed by atoms with van der Waals surface area (Å²) in [6.07, 6.45) is 12.8. The Labute approximate surface area is 327 Å². The molecule has 4 aliphatic rings. The van der Waals surface area contributed by atoms with E-state index in [1.807, 2.05) is 6.92 Å². The minimum Gasteiger partial charge on any atom is -0.442 e. The molecular weight excluding hydrogens is 710 g/mol. The first-order chi connectivity index (χ1) is 26.4. The maximum atomic E-state index is 12.8. The molecule has 4 heterocycles. The fourth-order valence-corrected chi connectivity index (χ4v) is 7.55. The number of ether oxygens (including phenoxy) is 8. The Balaban J connectivity index is 1.17. The van der Waals surface area contributed by atoms with E-state index >= 15 is 0 Å². The van der Waals surface area contributed by atoms with E-state index < -0.39 is 12.2 Å². The van der Waals surface area contributed by atoms with E-state index in [1.165, 1.54) is 6.08 Å². The largest absolute Gasteiger partial charge is 0.442 e. The Kier molecular flexibility index (Phi) is 18.4. The molecule has 0 bridgehead atoms. The molecule has 15 nitrogen and oxygen atoms in total. The normalized spacial score (nSPS) is 30.0. The first-order valence-electron chi connectivity index (χ1n) is 20.0. The van der Waals surface area contributed by atoms with Gasteiger partial charge in [0.05, 0.1) is 88.4 Å². The van der Waals surface area contributed by atoms with Gasteiger partial charge in [0.25, 0.3) is 0 Å². The molecule has 15 heteroatoms. The van der Waals surface area contributed by atoms with Gasteiger partial charge in [-0.2, -0.15) is 0 Å². The highest BCUT2D eigenvalue weighted by atomic mass is 16.6. The van der Waals surface area contributed by atoms with Crippen LogP contribution in [0, 0.1) is 11.8 Å². The van der Waals surface area contributed by atoms with Crippen molar-refractivity contribution >= 4 is 12.0 Å². The second kappa shape index (κ2) is 22.7. The number of hydrogen-bond acceptors (Lipinski definition) is 11. The topological polar surface area (TPSA) is 175 Å². The Bertz CT molecular complexity index is 1340. The van der Waals surface area contributed by atoms with Crippen LogP contribution in [0.15, 0.2) is 41.1 Å². The fraction of sp³-hybridized carbons (Fsp3) is 0.800. The molecule has 4 saturated heterocycles. The number of morpholine rings is 1. The summed E-state index contributed by atoms with van der Waals surface area (Å²) in [6.45, 7) is 18.4. The molecule has 0 saturated carbocycles. The van der Waals surface area contributed by atoms with Crippen LogP contribution in [0.4, 0.5) is 4.79 Å². The number of allylic oxidation sites excluding steroid dienone is 2. The van der Waals surface area contributed by atoms with Crippen molar-refractivity contribution in [1.82, 2.24) is 10.2 Å². The molecule has 1 spiro atoms. The second-order valence-corrected chi connectivity index (χ2v) is 15.7. The van der Waals surface area contributed by atoms with Crippen molar-refractivity contribution < 1.29 is 47.5 Å². The molecule has 1 unspecified atom stereocenters. The summed E-state index contributed by atoms with van der Waals surface area (Å²) in [7, 11) is 0. The van der Waals surface area contributed by atoms with Gasteiger partial charge in [-0.05, 0) is 77.8 Å². The predicted octanol–water partition coefficient (Wildman–Crippen LogP) is 5.68. The summed E-state index contributed by atoms with van der Waals surface area (Å²) in [6, 6.07) is -0.118. The predicted molar refractivity (Wildman–Crippen MR) is 206 cm³/mol. The molecule has 0 aromatic heterocycles. The van der Waals surface area contributed by atoms with Crippen LogP contribution in [0.2, 0.25) is 0 Å². The van der Waals surface area contributed by atoms with Crippen molar-refractivity contribution in [3.8, 4) is 0 Å². The Morgan fingerprint density at radius 1 is 1.05 bits per heavy atom. The van der Waals surface area contributed by atoms with Crippen molar-refractivity contribution in [3.63, 3.8) is 0 Å². The third-order valence-corrected chi connectivity index (χ3v) is 10.6. The Morgan fingerprint density at radius 2 is 1.75 bits per heavy atom. The molecule has 0 aliphatic carbocycles. The van der Waals surface area contributed by atoms with Gasteiger partial charge in [-0.1, -0.05) is 35.8 Å². The minimum absolute atomic E-state index is 0.0384. The summed E-state index contributed by atoms with van der Waals surface area (Å²) < 4.78 is 46.6. The van der Waals surface area contributed by atoms with Crippen molar-refractivity contribution in [1.29, 1.82) is 0 Å². The van der Waals surface area contributed by atoms with E-state index in [0.29, 0.717) is 72.5 Å². The standard InChI is InChI=1S/C40H65N5O10/c1-29(9-12-35-30(2)26-34(32(4)54-35)43-37(46)14-11-31(3)53-38(47)45-16-20-50-21-17-45)10-13-36-33(40(28-52-40)27-39(5,6)55-36)8-7-18-48-22-24-51-25-23-49-19-15-42-44-41/h9-11,13-14,30-36H,7-8,12,15-28H2,1-6H3,(H,43,46)/b13-10+,14-11-,29-9+/t30-,31-,32+,33+,34?,35-,36+,40+/m0/s1. The Morgan fingerprint density at radius 3 is 2.44 bits per heavy atom. The van der Waals surface area contributed by atoms with Crippen molar-refractivity contribution in [3.05, 3.63) is 46.4 Å². The first-order valence-corrected chi connectivity index (χ1v) is 20.0. The fourth-order valence-electron chi connectivity index (χ4n) is 7.55. The van der Waals surface area contributed by atoms with Gasteiger partial charge in [-0.3, -0.25) is 4.79 Å². The second-order valence-electron chi connectivity index (χ2n) is 15.7. The SMILES string of the molecule is CC(/C=C/[C@H]1OC(C)(C)C[C@@]2(CO2)[C@@H]1CCCOCCOCCOCCN=[N+]=[N-])=C\C[C@@H]1O[C@H](C)C(NC(=O)/C=C\[C@H](C)OC(=O)N2CCOCC2)C[C@@H]1C. The van der Waals surface area contributed by atoms with E-state index in [0.717, 1.165) is 44.3 Å². The Hall–Kier alpha value is -3.01. The highest BCUT2D eigenvalue weighted by Crippen LogP contribution is 2.51. The number of hydrogen-bond donors (Lipinski definition) is 1. The molecule has 0 aromatic rings. The first kappa shape index (κ1) is 44.7. The van der Waals surface area contributed by atoms with Gasteiger partial charge in [0.1, 0.15) is 6.10 Å². The summed E-state index contributed by atoms with van der Waals surface area (Å²) in [5.74, 6) is 0.252. The van der Waals surface area contributed by atoms with E-state index in [1.54, 1.807) is 17.9 Å². The van der Waals surface area contributed by atoms with Gasteiger partial charge >= 0.3 is 6.09 Å². The third kappa shape index (κ3) is 15.5. The van der Waals surface area contributed by atoms with Gasteiger partial charge in [0.15, 0.2) is 0 Å². The lowest BCUT2D eigenvalue weighted by molar-refractivity contribution is -0.146. The number of nitrogens with zero attached hydrogens (tertiary/aromatic N) is 4. The molecular formula is C40H65N5O10. The van der Waals surface area contributed by atoms with Crippen LogP contribution in [0.1, 0.15) is 73.6 Å². The van der Waals surface area contributed by atoms with Crippen LogP contribution < -0.4 is 5.32 Å². The lowest BCUT2D eigenvalue weighted by Gasteiger charge is -2.44. The zero-order valence-corrected chi connectivity index (χ0v) is 33.8. The quantitative estimate of drug-likeness (QED) is 0.0290. The van der Waals surface area contributed by atoms with E-state index in [2.05, 4.69) is 61.3 Å². The molecule has 4 fully saturated rings. The average molecular weight is 776 g/mol. The van der Waals surface area contributed by atoms with Crippen LogP contribution in [-0.2, 0) is 42.7 Å². The van der Waals surface area contributed by atoms with Crippen molar-refractivity contribution in [2.75, 3.05) is 79.1 Å². The molecule has 4 aliphatic heterocycles. The molecule has 2 amide bonds. The molecule has 1 N–H and O–H groups in total. The lowest BCUT2D eigenvalue weighted by Crippen LogP contribution is -2.50. The molecule has 0 radical (unpaired) electrons. The number of amides is 2. The zero-order chi connectivity index (χ0) is 39.7. The maximum Gasteiger partial charge on any atom is 0.410 e. The minimum atomic E-state index is -0.531. The van der Waals surface area contributed by atoms with Crippen molar-refractivity contribution in [2.45, 2.75) is 115 Å². The van der Waals surface area contributed by atoms with Crippen LogP contribution in [0.3, 0.4) is 0 Å². The number of carbonyl (C=O) groups excluding carboxylic acids is 2. The summed E-state index contributed by atoms with van der Waals surface area (Å²) in [5.41, 5.74) is 8.99. The molecule has 55 heavy (non-hydrogen) atoms. The average Bonchev–Trinajstić information content (AvgIpc) is 3.91. The number of carbonyl (C=O) groups is 2. The third-order valence-electron chi connectivity index (χ3n) is 10.6. The lowest BCUT2D eigenvalue weighted by atomic mass is 9.75. The van der Waals surface area contributed by atoms with Crippen molar-refractivity contribution in [2.24, 2.45) is 17.0 Å². The number of epoxide rings is 1. The summed E-state index contributed by atoms with van der Waals surface area (Å²) in [4.78, 5) is 29.4. The summed E-state index contributed by atoms with van der Waals surface area (Å²) >= 11 is 0. The smallest absolute Gasteiger partial charge is 0.410 e. The van der Waals surface area contributed by atoms with Gasteiger partial charge in [0, 0.05) is 49.6 Å². The maximum absolute atomic E-state index is 12.8. The summed E-state index contributed by atoms with van der Waals surface area (Å²) in [5, 5.41) is 6.51. The monoisotopic (exact) mass is 775 g/mol. The molecule has 4 rings (SSSR count). The molecule has 0 aromatic carbocycles. The highest BCUT2D eigenvalue weighted by Gasteiger charge is 2.59. The van der Waals surface area contributed by atoms with Crippen LogP contribution in [-0.4, -0.2) is 138 Å².